The molecule has 1 atom stereocenters. The normalized spacial score (nSPS) is 12.1. The Morgan fingerprint density at radius 2 is 1.90 bits per heavy atom. The zero-order chi connectivity index (χ0) is 21.1. The van der Waals surface area contributed by atoms with Gasteiger partial charge < -0.3 is 15.5 Å². The molecule has 4 rings (SSSR count). The highest BCUT2D eigenvalue weighted by Gasteiger charge is 2.15. The Labute approximate surface area is 169 Å². The van der Waals surface area contributed by atoms with Crippen LogP contribution in [0.1, 0.15) is 17.2 Å². The van der Waals surface area contributed by atoms with Gasteiger partial charge in [-0.1, -0.05) is 6.07 Å². The first-order valence-corrected chi connectivity index (χ1v) is 8.93. The average molecular weight is 410 g/mol. The van der Waals surface area contributed by atoms with Crippen molar-refractivity contribution in [3.8, 4) is 11.4 Å². The van der Waals surface area contributed by atoms with Crippen molar-refractivity contribution in [2.24, 2.45) is 0 Å². The predicted molar refractivity (Wildman–Crippen MR) is 105 cm³/mol. The molecule has 0 fully saturated rings. The summed E-state index contributed by atoms with van der Waals surface area (Å²) in [5.41, 5.74) is 1.18. The highest BCUT2D eigenvalue weighted by Crippen LogP contribution is 2.26. The van der Waals surface area contributed by atoms with E-state index in [0.717, 1.165) is 6.07 Å². The van der Waals surface area contributed by atoms with Gasteiger partial charge in [-0.2, -0.15) is 0 Å². The molecule has 0 saturated carbocycles. The number of anilines is 2. The molecule has 10 heteroatoms. The fourth-order valence-electron chi connectivity index (χ4n) is 2.80. The van der Waals surface area contributed by atoms with Gasteiger partial charge in [0.15, 0.2) is 11.5 Å². The number of nitrogens with zero attached hydrogens (tertiary/aromatic N) is 5. The average Bonchev–Trinajstić information content (AvgIpc) is 2.79. The Hall–Kier alpha value is -3.63. The van der Waals surface area contributed by atoms with Gasteiger partial charge in [0.25, 0.3) is 0 Å². The Kier molecular flexibility index (Phi) is 5.50. The van der Waals surface area contributed by atoms with Crippen molar-refractivity contribution in [3.05, 3.63) is 66.0 Å². The van der Waals surface area contributed by atoms with Crippen molar-refractivity contribution in [1.82, 2.24) is 24.9 Å². The minimum absolute atomic E-state index is 0.0117. The molecule has 0 radical (unpaired) electrons. The first-order valence-electron chi connectivity index (χ1n) is 8.93. The molecule has 0 spiro atoms. The van der Waals surface area contributed by atoms with Crippen molar-refractivity contribution in [2.75, 3.05) is 11.9 Å². The Morgan fingerprint density at radius 1 is 1.03 bits per heavy atom. The SMILES string of the molecule is OCC(O)c1cnc(-c2ccc3c(Nc4ccc(CF)cn4)ncnc3n2)c(F)c1. The summed E-state index contributed by atoms with van der Waals surface area (Å²) in [5.74, 6) is 0.229. The lowest BCUT2D eigenvalue weighted by molar-refractivity contribution is 0.0951. The monoisotopic (exact) mass is 410 g/mol. The minimum Gasteiger partial charge on any atom is -0.393 e. The second-order valence-corrected chi connectivity index (χ2v) is 6.40. The molecule has 0 bridgehead atoms. The van der Waals surface area contributed by atoms with E-state index in [1.807, 2.05) is 0 Å². The number of rotatable bonds is 6. The molecule has 0 aromatic carbocycles. The molecular weight excluding hydrogens is 394 g/mol. The zero-order valence-corrected chi connectivity index (χ0v) is 15.5. The largest absolute Gasteiger partial charge is 0.393 e. The number of hydrogen-bond donors (Lipinski definition) is 3. The van der Waals surface area contributed by atoms with E-state index in [-0.39, 0.29) is 17.0 Å². The maximum atomic E-state index is 14.5. The predicted octanol–water partition coefficient (Wildman–Crippen LogP) is 2.86. The molecule has 152 valence electrons. The van der Waals surface area contributed by atoms with E-state index in [9.17, 15) is 13.9 Å². The second-order valence-electron chi connectivity index (χ2n) is 6.40. The number of alkyl halides is 1. The third kappa shape index (κ3) is 3.91. The van der Waals surface area contributed by atoms with E-state index in [4.69, 9.17) is 5.11 Å². The summed E-state index contributed by atoms with van der Waals surface area (Å²) >= 11 is 0. The summed E-state index contributed by atoms with van der Waals surface area (Å²) in [6, 6.07) is 7.60. The van der Waals surface area contributed by atoms with E-state index in [0.29, 0.717) is 28.2 Å². The molecule has 0 amide bonds. The molecule has 4 aromatic rings. The summed E-state index contributed by atoms with van der Waals surface area (Å²) < 4.78 is 27.1. The van der Waals surface area contributed by atoms with E-state index < -0.39 is 25.2 Å². The van der Waals surface area contributed by atoms with Crippen LogP contribution >= 0.6 is 0 Å². The van der Waals surface area contributed by atoms with Crippen LogP contribution in [0.4, 0.5) is 20.4 Å². The van der Waals surface area contributed by atoms with E-state index >= 15 is 0 Å². The third-order valence-electron chi connectivity index (χ3n) is 4.39. The van der Waals surface area contributed by atoms with Crippen LogP contribution in [0.2, 0.25) is 0 Å². The molecule has 4 heterocycles. The van der Waals surface area contributed by atoms with E-state index in [1.54, 1.807) is 24.3 Å². The van der Waals surface area contributed by atoms with Crippen molar-refractivity contribution in [2.45, 2.75) is 12.8 Å². The first kappa shape index (κ1) is 19.7. The van der Waals surface area contributed by atoms with Crippen molar-refractivity contribution in [3.63, 3.8) is 0 Å². The molecule has 0 aliphatic rings. The van der Waals surface area contributed by atoms with Crippen LogP contribution in [0.15, 0.2) is 49.1 Å². The summed E-state index contributed by atoms with van der Waals surface area (Å²) in [7, 11) is 0. The Balaban J connectivity index is 1.67. The maximum absolute atomic E-state index is 14.5. The smallest absolute Gasteiger partial charge is 0.165 e. The van der Waals surface area contributed by atoms with Gasteiger partial charge >= 0.3 is 0 Å². The second kappa shape index (κ2) is 8.39. The first-order chi connectivity index (χ1) is 14.6. The maximum Gasteiger partial charge on any atom is 0.165 e. The van der Waals surface area contributed by atoms with Crippen LogP contribution in [-0.2, 0) is 6.67 Å². The van der Waals surface area contributed by atoms with Crippen molar-refractivity contribution >= 4 is 22.7 Å². The quantitative estimate of drug-likeness (QED) is 0.444. The summed E-state index contributed by atoms with van der Waals surface area (Å²) in [6.07, 6.45) is 2.81. The highest BCUT2D eigenvalue weighted by molar-refractivity contribution is 5.89. The molecule has 3 N–H and O–H groups in total. The summed E-state index contributed by atoms with van der Waals surface area (Å²) in [4.78, 5) is 20.8. The fourth-order valence-corrected chi connectivity index (χ4v) is 2.80. The number of hydrogen-bond acceptors (Lipinski definition) is 8. The van der Waals surface area contributed by atoms with Crippen LogP contribution in [0.25, 0.3) is 22.4 Å². The Bertz CT molecular complexity index is 1190. The van der Waals surface area contributed by atoms with Crippen molar-refractivity contribution < 1.29 is 19.0 Å². The van der Waals surface area contributed by atoms with Crippen LogP contribution in [0.5, 0.6) is 0 Å². The van der Waals surface area contributed by atoms with E-state index in [1.165, 1.54) is 18.7 Å². The fraction of sp³-hybridized carbons (Fsp3) is 0.150. The van der Waals surface area contributed by atoms with Gasteiger partial charge in [-0.05, 0) is 24.3 Å². The van der Waals surface area contributed by atoms with E-state index in [2.05, 4.69) is 30.2 Å². The molecule has 0 saturated heterocycles. The molecule has 30 heavy (non-hydrogen) atoms. The van der Waals surface area contributed by atoms with Crippen LogP contribution < -0.4 is 5.32 Å². The Morgan fingerprint density at radius 3 is 2.60 bits per heavy atom. The molecule has 0 aliphatic carbocycles. The van der Waals surface area contributed by atoms with Crippen molar-refractivity contribution in [1.29, 1.82) is 0 Å². The van der Waals surface area contributed by atoms with Gasteiger partial charge in [0, 0.05) is 23.5 Å². The number of pyridine rings is 3. The topological polar surface area (TPSA) is 117 Å². The number of aromatic nitrogens is 5. The van der Waals surface area contributed by atoms with Gasteiger partial charge in [-0.3, -0.25) is 4.98 Å². The summed E-state index contributed by atoms with van der Waals surface area (Å²) in [5, 5.41) is 22.2. The number of nitrogens with one attached hydrogen (secondary N) is 1. The minimum atomic E-state index is -1.21. The molecule has 0 aliphatic heterocycles. The van der Waals surface area contributed by atoms with Gasteiger partial charge in [0.1, 0.15) is 36.4 Å². The van der Waals surface area contributed by atoms with Crippen LogP contribution in [-0.4, -0.2) is 41.7 Å². The van der Waals surface area contributed by atoms with Crippen LogP contribution in [0, 0.1) is 5.82 Å². The lowest BCUT2D eigenvalue weighted by Crippen LogP contribution is -2.05. The zero-order valence-electron chi connectivity index (χ0n) is 15.5. The standard InChI is InChI=1S/C20H16F2N6O2/c21-6-11-1-4-17(23-7-11)28-20-13-2-3-15(27-19(13)25-10-26-20)18-14(22)5-12(8-24-18)16(30)9-29/h1-5,7-8,10,16,29-30H,6,9H2,(H,23,25,26,27,28). The van der Waals surface area contributed by atoms with Crippen LogP contribution in [0.3, 0.4) is 0 Å². The summed E-state index contributed by atoms with van der Waals surface area (Å²) in [6.45, 7) is -1.13. The lowest BCUT2D eigenvalue weighted by atomic mass is 10.1. The molecule has 4 aromatic heterocycles. The molecule has 1 unspecified atom stereocenters. The van der Waals surface area contributed by atoms with Gasteiger partial charge in [0.2, 0.25) is 0 Å². The number of aliphatic hydroxyl groups excluding tert-OH is 2. The third-order valence-corrected chi connectivity index (χ3v) is 4.39. The number of halogens is 2. The number of fused-ring (bicyclic) bond motifs is 1. The van der Waals surface area contributed by atoms with Gasteiger partial charge in [-0.25, -0.2) is 28.7 Å². The molecular formula is C20H16F2N6O2. The van der Waals surface area contributed by atoms with Gasteiger partial charge in [-0.15, -0.1) is 0 Å². The highest BCUT2D eigenvalue weighted by atomic mass is 19.1. The lowest BCUT2D eigenvalue weighted by Gasteiger charge is -2.10. The number of aliphatic hydroxyl groups is 2. The van der Waals surface area contributed by atoms with Gasteiger partial charge in [0.05, 0.1) is 17.7 Å². The molecule has 8 nitrogen and oxygen atoms in total.